The van der Waals surface area contributed by atoms with E-state index in [-0.39, 0.29) is 11.7 Å². The van der Waals surface area contributed by atoms with Gasteiger partial charge in [-0.3, -0.25) is 0 Å². The second kappa shape index (κ2) is 5.27. The first kappa shape index (κ1) is 14.6. The normalized spacial score (nSPS) is 15.0. The van der Waals surface area contributed by atoms with Gasteiger partial charge in [-0.05, 0) is 45.8 Å². The number of aldehydes is 1. The van der Waals surface area contributed by atoms with Crippen LogP contribution in [-0.2, 0) is 4.79 Å². The van der Waals surface area contributed by atoms with E-state index in [0.717, 1.165) is 33.9 Å². The summed E-state index contributed by atoms with van der Waals surface area (Å²) in [7, 11) is 3.14. The Labute approximate surface area is 139 Å². The molecule has 0 heterocycles. The lowest BCUT2D eigenvalue weighted by atomic mass is 9.94. The van der Waals surface area contributed by atoms with Crippen LogP contribution in [0.25, 0.3) is 21.9 Å². The number of hydrogen-bond donors (Lipinski definition) is 1. The van der Waals surface area contributed by atoms with Crippen molar-refractivity contribution < 1.29 is 19.4 Å². The van der Waals surface area contributed by atoms with Gasteiger partial charge < -0.3 is 19.4 Å². The summed E-state index contributed by atoms with van der Waals surface area (Å²) in [6.07, 6.45) is 0.927. The van der Waals surface area contributed by atoms with Crippen LogP contribution in [-0.4, -0.2) is 25.6 Å². The molecule has 1 atom stereocenters. The Kier molecular flexibility index (Phi) is 3.20. The van der Waals surface area contributed by atoms with E-state index in [0.29, 0.717) is 16.9 Å². The van der Waals surface area contributed by atoms with Crippen LogP contribution >= 0.6 is 0 Å². The average molecular weight is 320 g/mol. The van der Waals surface area contributed by atoms with Gasteiger partial charge in [-0.15, -0.1) is 0 Å². The number of rotatable bonds is 3. The standard InChI is InChI=1S/C20H16O4/c1-23-18-8-13-15(9-19(18)24-2)20-12-6-4-3-5-11(12)16(10-21)14(20)7-17(13)22/h3-10,16,22H,1-2H3. The number of fused-ring (bicyclic) bond motifs is 5. The number of hydrogen-bond acceptors (Lipinski definition) is 4. The number of aromatic hydroxyl groups is 1. The SMILES string of the molecule is COc1cc2c(O)cc3c(c2cc1OC)-c1ccccc1C3C=O. The quantitative estimate of drug-likeness (QED) is 0.744. The van der Waals surface area contributed by atoms with Crippen molar-refractivity contribution in [3.63, 3.8) is 0 Å². The molecule has 0 fully saturated rings. The number of methoxy groups -OCH3 is 2. The fourth-order valence-corrected chi connectivity index (χ4v) is 3.61. The van der Waals surface area contributed by atoms with E-state index < -0.39 is 0 Å². The molecule has 0 bridgehead atoms. The number of phenols is 1. The molecule has 24 heavy (non-hydrogen) atoms. The summed E-state index contributed by atoms with van der Waals surface area (Å²) >= 11 is 0. The van der Waals surface area contributed by atoms with Crippen LogP contribution in [0.1, 0.15) is 17.0 Å². The highest BCUT2D eigenvalue weighted by Crippen LogP contribution is 2.51. The van der Waals surface area contributed by atoms with E-state index in [1.54, 1.807) is 26.4 Å². The smallest absolute Gasteiger partial charge is 0.161 e. The van der Waals surface area contributed by atoms with Gasteiger partial charge in [0.15, 0.2) is 11.5 Å². The van der Waals surface area contributed by atoms with E-state index in [9.17, 15) is 9.90 Å². The van der Waals surface area contributed by atoms with Crippen LogP contribution in [0.15, 0.2) is 42.5 Å². The van der Waals surface area contributed by atoms with Gasteiger partial charge in [0.1, 0.15) is 12.0 Å². The van der Waals surface area contributed by atoms with Gasteiger partial charge in [-0.25, -0.2) is 0 Å². The molecule has 3 aromatic carbocycles. The van der Waals surface area contributed by atoms with Gasteiger partial charge in [-0.2, -0.15) is 0 Å². The third-order valence-corrected chi connectivity index (χ3v) is 4.69. The maximum absolute atomic E-state index is 11.7. The monoisotopic (exact) mass is 320 g/mol. The molecule has 4 nitrogen and oxygen atoms in total. The van der Waals surface area contributed by atoms with Crippen molar-refractivity contribution >= 4 is 17.1 Å². The van der Waals surface area contributed by atoms with Crippen LogP contribution in [0.4, 0.5) is 0 Å². The third kappa shape index (κ3) is 1.83. The summed E-state index contributed by atoms with van der Waals surface area (Å²) in [6.45, 7) is 0. The largest absolute Gasteiger partial charge is 0.507 e. The van der Waals surface area contributed by atoms with Crippen molar-refractivity contribution in [3.8, 4) is 28.4 Å². The van der Waals surface area contributed by atoms with Gasteiger partial charge >= 0.3 is 0 Å². The minimum absolute atomic E-state index is 0.129. The minimum atomic E-state index is -0.361. The summed E-state index contributed by atoms with van der Waals surface area (Å²) in [5.74, 6) is 0.909. The number of benzene rings is 3. The number of carbonyl (C=O) groups is 1. The van der Waals surface area contributed by atoms with E-state index in [1.807, 2.05) is 30.3 Å². The molecular weight excluding hydrogens is 304 g/mol. The molecule has 120 valence electrons. The maximum Gasteiger partial charge on any atom is 0.161 e. The van der Waals surface area contributed by atoms with Gasteiger partial charge in [0.2, 0.25) is 0 Å². The highest BCUT2D eigenvalue weighted by Gasteiger charge is 2.31. The topological polar surface area (TPSA) is 55.8 Å². The third-order valence-electron chi connectivity index (χ3n) is 4.69. The van der Waals surface area contributed by atoms with E-state index in [1.165, 1.54) is 0 Å². The first-order valence-electron chi connectivity index (χ1n) is 7.65. The van der Waals surface area contributed by atoms with E-state index in [4.69, 9.17) is 9.47 Å². The number of ether oxygens (including phenoxy) is 2. The van der Waals surface area contributed by atoms with Crippen molar-refractivity contribution in [2.75, 3.05) is 14.2 Å². The zero-order valence-electron chi connectivity index (χ0n) is 13.4. The molecule has 1 unspecified atom stereocenters. The molecule has 4 heteroatoms. The fraction of sp³-hybridized carbons (Fsp3) is 0.150. The van der Waals surface area contributed by atoms with Gasteiger partial charge in [0.25, 0.3) is 0 Å². The van der Waals surface area contributed by atoms with Gasteiger partial charge in [0.05, 0.1) is 20.1 Å². The van der Waals surface area contributed by atoms with Crippen LogP contribution in [0.5, 0.6) is 17.2 Å². The zero-order chi connectivity index (χ0) is 16.8. The van der Waals surface area contributed by atoms with Crippen molar-refractivity contribution in [3.05, 3.63) is 53.6 Å². The molecule has 0 radical (unpaired) electrons. The Morgan fingerprint density at radius 3 is 2.29 bits per heavy atom. The highest BCUT2D eigenvalue weighted by molar-refractivity contribution is 6.07. The lowest BCUT2D eigenvalue weighted by Gasteiger charge is -2.14. The van der Waals surface area contributed by atoms with Crippen LogP contribution < -0.4 is 9.47 Å². The summed E-state index contributed by atoms with van der Waals surface area (Å²) in [5.41, 5.74) is 3.77. The number of carbonyl (C=O) groups excluding carboxylic acids is 1. The first-order valence-corrected chi connectivity index (χ1v) is 7.65. The first-order chi connectivity index (χ1) is 11.7. The Hall–Kier alpha value is -3.01. The predicted octanol–water partition coefficient (Wildman–Crippen LogP) is 3.87. The lowest BCUT2D eigenvalue weighted by molar-refractivity contribution is -0.108. The number of phenolic OH excluding ortho intramolecular Hbond substituents is 1. The van der Waals surface area contributed by atoms with Gasteiger partial charge in [0, 0.05) is 5.39 Å². The summed E-state index contributed by atoms with van der Waals surface area (Å²) in [4.78, 5) is 11.7. The summed E-state index contributed by atoms with van der Waals surface area (Å²) in [6, 6.07) is 13.1. The molecular formula is C20H16O4. The van der Waals surface area contributed by atoms with E-state index >= 15 is 0 Å². The van der Waals surface area contributed by atoms with Crippen molar-refractivity contribution in [1.29, 1.82) is 0 Å². The Bertz CT molecular complexity index is 975. The molecule has 1 aliphatic carbocycles. The average Bonchev–Trinajstić information content (AvgIpc) is 2.93. The van der Waals surface area contributed by atoms with Crippen LogP contribution in [0.2, 0.25) is 0 Å². The molecule has 0 aromatic heterocycles. The molecule has 1 N–H and O–H groups in total. The van der Waals surface area contributed by atoms with Crippen molar-refractivity contribution in [2.45, 2.75) is 5.92 Å². The lowest BCUT2D eigenvalue weighted by Crippen LogP contribution is -1.97. The minimum Gasteiger partial charge on any atom is -0.507 e. The molecule has 0 amide bonds. The fourth-order valence-electron chi connectivity index (χ4n) is 3.61. The predicted molar refractivity (Wildman–Crippen MR) is 92.1 cm³/mol. The Morgan fingerprint density at radius 1 is 0.958 bits per heavy atom. The Balaban J connectivity index is 2.15. The summed E-state index contributed by atoms with van der Waals surface area (Å²) < 4.78 is 10.7. The molecule has 0 saturated heterocycles. The highest BCUT2D eigenvalue weighted by atomic mass is 16.5. The van der Waals surface area contributed by atoms with Crippen molar-refractivity contribution in [2.24, 2.45) is 0 Å². The molecule has 0 spiro atoms. The molecule has 4 rings (SSSR count). The second-order valence-electron chi connectivity index (χ2n) is 5.81. The van der Waals surface area contributed by atoms with Crippen LogP contribution in [0.3, 0.4) is 0 Å². The van der Waals surface area contributed by atoms with Crippen molar-refractivity contribution in [1.82, 2.24) is 0 Å². The van der Waals surface area contributed by atoms with Gasteiger partial charge in [-0.1, -0.05) is 24.3 Å². The second-order valence-corrected chi connectivity index (χ2v) is 5.81. The molecule has 0 aliphatic heterocycles. The van der Waals surface area contributed by atoms with E-state index in [2.05, 4.69) is 0 Å². The summed E-state index contributed by atoms with van der Waals surface area (Å²) in [5, 5.41) is 12.0. The molecule has 3 aromatic rings. The van der Waals surface area contributed by atoms with Crippen LogP contribution in [0, 0.1) is 0 Å². The Morgan fingerprint density at radius 2 is 1.62 bits per heavy atom. The maximum atomic E-state index is 11.7. The molecule has 0 saturated carbocycles. The molecule has 1 aliphatic rings. The zero-order valence-corrected chi connectivity index (χ0v) is 13.4.